The number of benzene rings is 2. The van der Waals surface area contributed by atoms with Crippen molar-refractivity contribution in [1.82, 2.24) is 0 Å². The maximum absolute atomic E-state index is 12.1. The standard InChI is InChI=1S/C17H16N2O2/c1-11-7-13(9-18)3-4-14(11)10-21-17(20)16-6-5-15(19)8-12(16)2/h3-8H,10,19H2,1-2H3. The Hall–Kier alpha value is -2.80. The minimum Gasteiger partial charge on any atom is -0.457 e. The summed E-state index contributed by atoms with van der Waals surface area (Å²) in [4.78, 5) is 12.1. The highest BCUT2D eigenvalue weighted by Gasteiger charge is 2.11. The molecule has 2 aromatic rings. The third kappa shape index (κ3) is 3.40. The number of hydrogen-bond acceptors (Lipinski definition) is 4. The van der Waals surface area contributed by atoms with E-state index in [1.165, 1.54) is 0 Å². The van der Waals surface area contributed by atoms with E-state index >= 15 is 0 Å². The molecule has 4 heteroatoms. The molecule has 0 fully saturated rings. The van der Waals surface area contributed by atoms with Gasteiger partial charge < -0.3 is 10.5 Å². The molecule has 21 heavy (non-hydrogen) atoms. The Labute approximate surface area is 123 Å². The van der Waals surface area contributed by atoms with Crippen LogP contribution in [0.3, 0.4) is 0 Å². The molecule has 0 aliphatic carbocycles. The number of nitrogen functional groups attached to an aromatic ring is 1. The molecule has 0 aliphatic rings. The van der Waals surface area contributed by atoms with E-state index in [1.807, 2.05) is 13.8 Å². The highest BCUT2D eigenvalue weighted by Crippen LogP contribution is 2.16. The first-order chi connectivity index (χ1) is 10.0. The fourth-order valence-electron chi connectivity index (χ4n) is 2.06. The molecular formula is C17H16N2O2. The first kappa shape index (κ1) is 14.6. The van der Waals surface area contributed by atoms with Crippen LogP contribution in [0.4, 0.5) is 5.69 Å². The summed E-state index contributed by atoms with van der Waals surface area (Å²) in [5.74, 6) is -0.378. The van der Waals surface area contributed by atoms with Crippen LogP contribution in [0.2, 0.25) is 0 Å². The van der Waals surface area contributed by atoms with Crippen LogP contribution in [0.5, 0.6) is 0 Å². The minimum atomic E-state index is -0.378. The Morgan fingerprint density at radius 2 is 1.95 bits per heavy atom. The molecule has 106 valence electrons. The first-order valence-electron chi connectivity index (χ1n) is 6.54. The van der Waals surface area contributed by atoms with Crippen LogP contribution >= 0.6 is 0 Å². The number of carbonyl (C=O) groups is 1. The van der Waals surface area contributed by atoms with E-state index in [1.54, 1.807) is 36.4 Å². The Balaban J connectivity index is 2.09. The summed E-state index contributed by atoms with van der Waals surface area (Å²) in [7, 11) is 0. The summed E-state index contributed by atoms with van der Waals surface area (Å²) >= 11 is 0. The maximum atomic E-state index is 12.1. The molecule has 0 aromatic heterocycles. The summed E-state index contributed by atoms with van der Waals surface area (Å²) in [5, 5.41) is 8.83. The van der Waals surface area contributed by atoms with Gasteiger partial charge in [0.1, 0.15) is 6.61 Å². The van der Waals surface area contributed by atoms with Crippen LogP contribution in [-0.2, 0) is 11.3 Å². The van der Waals surface area contributed by atoms with Crippen molar-refractivity contribution in [2.75, 3.05) is 5.73 Å². The Morgan fingerprint density at radius 3 is 2.57 bits per heavy atom. The average Bonchev–Trinajstić information content (AvgIpc) is 2.45. The fourth-order valence-corrected chi connectivity index (χ4v) is 2.06. The largest absolute Gasteiger partial charge is 0.457 e. The molecule has 0 spiro atoms. The van der Waals surface area contributed by atoms with Gasteiger partial charge >= 0.3 is 5.97 Å². The van der Waals surface area contributed by atoms with E-state index < -0.39 is 0 Å². The summed E-state index contributed by atoms with van der Waals surface area (Å²) < 4.78 is 5.33. The second-order valence-corrected chi connectivity index (χ2v) is 4.90. The second kappa shape index (κ2) is 6.10. The monoisotopic (exact) mass is 280 g/mol. The zero-order valence-corrected chi connectivity index (χ0v) is 12.0. The van der Waals surface area contributed by atoms with Gasteiger partial charge in [-0.3, -0.25) is 0 Å². The topological polar surface area (TPSA) is 76.1 Å². The Kier molecular flexibility index (Phi) is 4.24. The number of esters is 1. The van der Waals surface area contributed by atoms with Gasteiger partial charge in [-0.25, -0.2) is 4.79 Å². The highest BCUT2D eigenvalue weighted by molar-refractivity contribution is 5.91. The number of ether oxygens (including phenoxy) is 1. The molecule has 0 atom stereocenters. The van der Waals surface area contributed by atoms with E-state index in [-0.39, 0.29) is 12.6 Å². The molecular weight excluding hydrogens is 264 g/mol. The molecule has 0 aliphatic heterocycles. The third-order valence-electron chi connectivity index (χ3n) is 3.30. The van der Waals surface area contributed by atoms with Crippen LogP contribution < -0.4 is 5.73 Å². The van der Waals surface area contributed by atoms with Crippen molar-refractivity contribution >= 4 is 11.7 Å². The molecule has 0 bridgehead atoms. The van der Waals surface area contributed by atoms with Crippen molar-refractivity contribution in [1.29, 1.82) is 5.26 Å². The first-order valence-corrected chi connectivity index (χ1v) is 6.54. The SMILES string of the molecule is Cc1cc(C#N)ccc1COC(=O)c1ccc(N)cc1C. The van der Waals surface area contributed by atoms with E-state index in [9.17, 15) is 4.79 Å². The molecule has 0 saturated carbocycles. The van der Waals surface area contributed by atoms with E-state index in [4.69, 9.17) is 15.7 Å². The van der Waals surface area contributed by atoms with Crippen LogP contribution in [0.1, 0.15) is 32.6 Å². The summed E-state index contributed by atoms with van der Waals surface area (Å²) in [6.45, 7) is 3.89. The highest BCUT2D eigenvalue weighted by atomic mass is 16.5. The van der Waals surface area contributed by atoms with Gasteiger partial charge in [0.15, 0.2) is 0 Å². The Morgan fingerprint density at radius 1 is 1.19 bits per heavy atom. The van der Waals surface area contributed by atoms with Gasteiger partial charge in [-0.1, -0.05) is 6.07 Å². The van der Waals surface area contributed by atoms with Gasteiger partial charge in [-0.15, -0.1) is 0 Å². The van der Waals surface area contributed by atoms with Gasteiger partial charge in [-0.05, 0) is 60.9 Å². The smallest absolute Gasteiger partial charge is 0.338 e. The summed E-state index contributed by atoms with van der Waals surface area (Å²) in [5.41, 5.74) is 9.98. The predicted octanol–water partition coefficient (Wildman–Crippen LogP) is 3.11. The van der Waals surface area contributed by atoms with Crippen molar-refractivity contribution in [2.24, 2.45) is 0 Å². The average molecular weight is 280 g/mol. The van der Waals surface area contributed by atoms with E-state index in [2.05, 4.69) is 6.07 Å². The number of nitrogens with two attached hydrogens (primary N) is 1. The maximum Gasteiger partial charge on any atom is 0.338 e. The number of carbonyl (C=O) groups excluding carboxylic acids is 1. The molecule has 0 radical (unpaired) electrons. The summed E-state index contributed by atoms with van der Waals surface area (Å²) in [6.07, 6.45) is 0. The minimum absolute atomic E-state index is 0.181. The molecule has 0 unspecified atom stereocenters. The molecule has 0 saturated heterocycles. The molecule has 2 N–H and O–H groups in total. The molecule has 4 nitrogen and oxygen atoms in total. The van der Waals surface area contributed by atoms with Crippen LogP contribution in [0.25, 0.3) is 0 Å². The van der Waals surface area contributed by atoms with Crippen molar-refractivity contribution in [2.45, 2.75) is 20.5 Å². The number of nitriles is 1. The lowest BCUT2D eigenvalue weighted by atomic mass is 10.1. The molecule has 2 aromatic carbocycles. The number of nitrogens with zero attached hydrogens (tertiary/aromatic N) is 1. The van der Waals surface area contributed by atoms with Crippen molar-refractivity contribution in [3.63, 3.8) is 0 Å². The lowest BCUT2D eigenvalue weighted by Gasteiger charge is -2.09. The third-order valence-corrected chi connectivity index (χ3v) is 3.30. The van der Waals surface area contributed by atoms with Crippen molar-refractivity contribution < 1.29 is 9.53 Å². The number of anilines is 1. The van der Waals surface area contributed by atoms with E-state index in [0.29, 0.717) is 16.8 Å². The normalized spacial score (nSPS) is 9.95. The van der Waals surface area contributed by atoms with Gasteiger partial charge in [0.2, 0.25) is 0 Å². The van der Waals surface area contributed by atoms with Gasteiger partial charge in [-0.2, -0.15) is 5.26 Å². The van der Waals surface area contributed by atoms with Crippen molar-refractivity contribution in [3.8, 4) is 6.07 Å². The quantitative estimate of drug-likeness (QED) is 0.692. The molecule has 2 rings (SSSR count). The molecule has 0 amide bonds. The van der Waals surface area contributed by atoms with Crippen LogP contribution in [-0.4, -0.2) is 5.97 Å². The number of hydrogen-bond donors (Lipinski definition) is 1. The van der Waals surface area contributed by atoms with Gasteiger partial charge in [0, 0.05) is 5.69 Å². The van der Waals surface area contributed by atoms with Crippen LogP contribution in [0.15, 0.2) is 36.4 Å². The second-order valence-electron chi connectivity index (χ2n) is 4.90. The van der Waals surface area contributed by atoms with Gasteiger partial charge in [0.05, 0.1) is 17.2 Å². The predicted molar refractivity (Wildman–Crippen MR) is 80.6 cm³/mol. The number of aryl methyl sites for hydroxylation is 2. The van der Waals surface area contributed by atoms with Gasteiger partial charge in [0.25, 0.3) is 0 Å². The van der Waals surface area contributed by atoms with Crippen LogP contribution in [0, 0.1) is 25.2 Å². The lowest BCUT2D eigenvalue weighted by molar-refractivity contribution is 0.0471. The zero-order valence-electron chi connectivity index (χ0n) is 12.0. The number of rotatable bonds is 3. The van der Waals surface area contributed by atoms with E-state index in [0.717, 1.165) is 16.7 Å². The Bertz CT molecular complexity index is 730. The summed E-state index contributed by atoms with van der Waals surface area (Å²) in [6, 6.07) is 12.5. The molecule has 0 heterocycles. The van der Waals surface area contributed by atoms with Crippen molar-refractivity contribution in [3.05, 3.63) is 64.2 Å². The zero-order chi connectivity index (χ0) is 15.4. The fraction of sp³-hybridized carbons (Fsp3) is 0.176. The lowest BCUT2D eigenvalue weighted by Crippen LogP contribution is -2.08.